The number of benzene rings is 2. The van der Waals surface area contributed by atoms with Crippen molar-refractivity contribution in [2.75, 3.05) is 0 Å². The van der Waals surface area contributed by atoms with Gasteiger partial charge in [-0.15, -0.1) is 0 Å². The Kier molecular flexibility index (Phi) is 4.34. The van der Waals surface area contributed by atoms with Crippen molar-refractivity contribution < 1.29 is 0 Å². The van der Waals surface area contributed by atoms with E-state index in [9.17, 15) is 0 Å². The molecule has 0 radical (unpaired) electrons. The first kappa shape index (κ1) is 14.5. The van der Waals surface area contributed by atoms with Gasteiger partial charge < -0.3 is 0 Å². The lowest BCUT2D eigenvalue weighted by atomic mass is 9.88. The van der Waals surface area contributed by atoms with Crippen LogP contribution in [0, 0.1) is 6.92 Å². The van der Waals surface area contributed by atoms with Gasteiger partial charge in [-0.3, -0.25) is 4.98 Å². The summed E-state index contributed by atoms with van der Waals surface area (Å²) < 4.78 is 0. The molecule has 0 aliphatic heterocycles. The van der Waals surface area contributed by atoms with Crippen LogP contribution in [0.4, 0.5) is 0 Å². The molecule has 3 aromatic rings. The fraction of sp³-hybridized carbons (Fsp3) is 0.190. The maximum absolute atomic E-state index is 4.60. The summed E-state index contributed by atoms with van der Waals surface area (Å²) in [5, 5.41) is 0. The smallest absolute Gasteiger partial charge is 0.0733 e. The van der Waals surface area contributed by atoms with Crippen molar-refractivity contribution in [3.05, 3.63) is 89.6 Å². The molecule has 0 bridgehead atoms. The van der Waals surface area contributed by atoms with E-state index >= 15 is 0 Å². The summed E-state index contributed by atoms with van der Waals surface area (Å²) in [6, 6.07) is 23.4. The molecule has 1 heterocycles. The fourth-order valence-electron chi connectivity index (χ4n) is 2.99. The van der Waals surface area contributed by atoms with Gasteiger partial charge >= 0.3 is 0 Å². The Hall–Kier alpha value is -2.41. The standard InChI is InChI=1S/C21H21N/c1-16-9-8-14-22-21(16)20-13-7-6-12-19(20)17(2)15-18-10-4-3-5-11-18/h3-14,17H,15H2,1-2H3. The molecule has 1 unspecified atom stereocenters. The molecule has 110 valence electrons. The first-order chi connectivity index (χ1) is 10.8. The van der Waals surface area contributed by atoms with E-state index in [1.807, 2.05) is 12.3 Å². The van der Waals surface area contributed by atoms with Crippen molar-refractivity contribution in [3.63, 3.8) is 0 Å². The predicted octanol–water partition coefficient (Wildman–Crippen LogP) is 5.40. The Morgan fingerprint density at radius 2 is 1.59 bits per heavy atom. The van der Waals surface area contributed by atoms with E-state index in [2.05, 4.69) is 79.5 Å². The molecule has 22 heavy (non-hydrogen) atoms. The number of aryl methyl sites for hydroxylation is 1. The highest BCUT2D eigenvalue weighted by Gasteiger charge is 2.14. The third kappa shape index (κ3) is 3.09. The van der Waals surface area contributed by atoms with Gasteiger partial charge in [-0.05, 0) is 42.0 Å². The van der Waals surface area contributed by atoms with Crippen molar-refractivity contribution in [2.45, 2.75) is 26.2 Å². The van der Waals surface area contributed by atoms with Crippen LogP contribution in [0.25, 0.3) is 11.3 Å². The Balaban J connectivity index is 1.96. The van der Waals surface area contributed by atoms with Crippen molar-refractivity contribution in [1.82, 2.24) is 4.98 Å². The average Bonchev–Trinajstić information content (AvgIpc) is 2.56. The Bertz CT molecular complexity index is 747. The van der Waals surface area contributed by atoms with Gasteiger partial charge in [0.25, 0.3) is 0 Å². The second-order valence-corrected chi connectivity index (χ2v) is 5.85. The highest BCUT2D eigenvalue weighted by Crippen LogP contribution is 2.31. The molecular weight excluding hydrogens is 266 g/mol. The Morgan fingerprint density at radius 3 is 2.36 bits per heavy atom. The summed E-state index contributed by atoms with van der Waals surface area (Å²) in [6.45, 7) is 4.42. The predicted molar refractivity (Wildman–Crippen MR) is 93.0 cm³/mol. The van der Waals surface area contributed by atoms with E-state index in [0.717, 1.165) is 12.1 Å². The lowest BCUT2D eigenvalue weighted by Crippen LogP contribution is -2.02. The van der Waals surface area contributed by atoms with Crippen LogP contribution < -0.4 is 0 Å². The summed E-state index contributed by atoms with van der Waals surface area (Å²) in [5.41, 5.74) is 6.32. The molecule has 1 atom stereocenters. The number of nitrogens with zero attached hydrogens (tertiary/aromatic N) is 1. The molecule has 1 aromatic heterocycles. The number of rotatable bonds is 4. The number of hydrogen-bond donors (Lipinski definition) is 0. The molecule has 3 rings (SSSR count). The van der Waals surface area contributed by atoms with Crippen LogP contribution in [0.5, 0.6) is 0 Å². The van der Waals surface area contributed by atoms with Crippen LogP contribution in [0.1, 0.15) is 29.5 Å². The van der Waals surface area contributed by atoms with Crippen LogP contribution >= 0.6 is 0 Å². The van der Waals surface area contributed by atoms with Gasteiger partial charge in [-0.25, -0.2) is 0 Å². The molecule has 0 N–H and O–H groups in total. The first-order valence-electron chi connectivity index (χ1n) is 7.80. The van der Waals surface area contributed by atoms with Crippen molar-refractivity contribution >= 4 is 0 Å². The van der Waals surface area contributed by atoms with E-state index in [0.29, 0.717) is 5.92 Å². The molecule has 0 saturated heterocycles. The molecule has 2 aromatic carbocycles. The zero-order chi connectivity index (χ0) is 15.4. The van der Waals surface area contributed by atoms with Crippen LogP contribution in [0.3, 0.4) is 0 Å². The SMILES string of the molecule is Cc1cccnc1-c1ccccc1C(C)Cc1ccccc1. The highest BCUT2D eigenvalue weighted by atomic mass is 14.7. The van der Waals surface area contributed by atoms with Gasteiger partial charge in [0.05, 0.1) is 5.69 Å². The second kappa shape index (κ2) is 6.57. The minimum absolute atomic E-state index is 0.458. The number of pyridine rings is 1. The molecule has 1 nitrogen and oxygen atoms in total. The van der Waals surface area contributed by atoms with Gasteiger partial charge in [0.1, 0.15) is 0 Å². The number of hydrogen-bond acceptors (Lipinski definition) is 1. The van der Waals surface area contributed by atoms with Crippen molar-refractivity contribution in [2.24, 2.45) is 0 Å². The zero-order valence-corrected chi connectivity index (χ0v) is 13.2. The second-order valence-electron chi connectivity index (χ2n) is 5.85. The van der Waals surface area contributed by atoms with Gasteiger partial charge in [0.2, 0.25) is 0 Å². The summed E-state index contributed by atoms with van der Waals surface area (Å²) in [6.07, 6.45) is 2.92. The maximum Gasteiger partial charge on any atom is 0.0733 e. The van der Waals surface area contributed by atoms with Gasteiger partial charge in [0.15, 0.2) is 0 Å². The van der Waals surface area contributed by atoms with Crippen LogP contribution in [0.15, 0.2) is 72.9 Å². The van der Waals surface area contributed by atoms with E-state index in [4.69, 9.17) is 0 Å². The minimum atomic E-state index is 0.458. The Morgan fingerprint density at radius 1 is 0.864 bits per heavy atom. The van der Waals surface area contributed by atoms with Gasteiger partial charge in [-0.2, -0.15) is 0 Å². The Labute approximate surface area is 132 Å². The summed E-state index contributed by atoms with van der Waals surface area (Å²) >= 11 is 0. The fourth-order valence-corrected chi connectivity index (χ4v) is 2.99. The van der Waals surface area contributed by atoms with E-state index in [1.165, 1.54) is 22.3 Å². The lowest BCUT2D eigenvalue weighted by molar-refractivity contribution is 0.760. The van der Waals surface area contributed by atoms with E-state index < -0.39 is 0 Å². The molecule has 0 aliphatic carbocycles. The normalized spacial score (nSPS) is 12.1. The van der Waals surface area contributed by atoms with Crippen molar-refractivity contribution in [3.8, 4) is 11.3 Å². The van der Waals surface area contributed by atoms with E-state index in [1.54, 1.807) is 0 Å². The van der Waals surface area contributed by atoms with Gasteiger partial charge in [-0.1, -0.05) is 67.6 Å². The molecule has 0 fully saturated rings. The molecular formula is C21H21N. The third-order valence-corrected chi connectivity index (χ3v) is 4.14. The average molecular weight is 287 g/mol. The largest absolute Gasteiger partial charge is 0.256 e. The first-order valence-corrected chi connectivity index (χ1v) is 7.80. The highest BCUT2D eigenvalue weighted by molar-refractivity contribution is 5.67. The van der Waals surface area contributed by atoms with Crippen molar-refractivity contribution in [1.29, 1.82) is 0 Å². The van der Waals surface area contributed by atoms with Crippen LogP contribution in [0.2, 0.25) is 0 Å². The molecule has 0 spiro atoms. The van der Waals surface area contributed by atoms with Gasteiger partial charge in [0, 0.05) is 11.8 Å². The lowest BCUT2D eigenvalue weighted by Gasteiger charge is -2.17. The molecule has 0 amide bonds. The summed E-state index contributed by atoms with van der Waals surface area (Å²) in [4.78, 5) is 4.60. The summed E-state index contributed by atoms with van der Waals surface area (Å²) in [7, 11) is 0. The molecule has 0 aliphatic rings. The summed E-state index contributed by atoms with van der Waals surface area (Å²) in [5.74, 6) is 0.458. The molecule has 1 heteroatoms. The molecule has 0 saturated carbocycles. The third-order valence-electron chi connectivity index (χ3n) is 4.14. The number of aromatic nitrogens is 1. The van der Waals surface area contributed by atoms with E-state index in [-0.39, 0.29) is 0 Å². The zero-order valence-electron chi connectivity index (χ0n) is 13.2. The van der Waals surface area contributed by atoms with Crippen LogP contribution in [-0.2, 0) is 6.42 Å². The maximum atomic E-state index is 4.60. The topological polar surface area (TPSA) is 12.9 Å². The monoisotopic (exact) mass is 287 g/mol. The quantitative estimate of drug-likeness (QED) is 0.625. The minimum Gasteiger partial charge on any atom is -0.256 e. The van der Waals surface area contributed by atoms with Crippen LogP contribution in [-0.4, -0.2) is 4.98 Å².